The number of rotatable bonds is 5. The van der Waals surface area contributed by atoms with E-state index >= 15 is 0 Å². The van der Waals surface area contributed by atoms with Crippen LogP contribution in [0.4, 0.5) is 11.4 Å². The van der Waals surface area contributed by atoms with E-state index in [9.17, 15) is 0 Å². The molecular formula is C17H17N3. The molecular weight excluding hydrogens is 246 g/mol. The second-order valence-corrected chi connectivity index (χ2v) is 4.08. The lowest BCUT2D eigenvalue weighted by Gasteiger charge is -2.12. The summed E-state index contributed by atoms with van der Waals surface area (Å²) in [7, 11) is 0. The molecule has 0 aliphatic carbocycles. The van der Waals surface area contributed by atoms with Crippen molar-refractivity contribution < 1.29 is 0 Å². The van der Waals surface area contributed by atoms with Crippen molar-refractivity contribution >= 4 is 17.6 Å². The first kappa shape index (κ1) is 13.8. The molecule has 0 aliphatic rings. The van der Waals surface area contributed by atoms with Crippen LogP contribution in [0.2, 0.25) is 0 Å². The largest absolute Gasteiger partial charge is 0.287 e. The van der Waals surface area contributed by atoms with Crippen LogP contribution in [0, 0.1) is 0 Å². The Bertz CT molecular complexity index is 586. The van der Waals surface area contributed by atoms with Crippen LogP contribution in [0.5, 0.6) is 0 Å². The smallest absolute Gasteiger partial charge is 0.0629 e. The van der Waals surface area contributed by atoms with Crippen LogP contribution in [-0.2, 0) is 0 Å². The van der Waals surface area contributed by atoms with Crippen molar-refractivity contribution in [3.63, 3.8) is 0 Å². The molecule has 0 heterocycles. The summed E-state index contributed by atoms with van der Waals surface area (Å²) in [6.07, 6.45) is 9.16. The summed E-state index contributed by atoms with van der Waals surface area (Å²) < 4.78 is 0. The summed E-state index contributed by atoms with van der Waals surface area (Å²) in [6.45, 7) is 0. The van der Waals surface area contributed by atoms with Gasteiger partial charge in [-0.3, -0.25) is 10.0 Å². The van der Waals surface area contributed by atoms with Crippen LogP contribution in [0.25, 0.3) is 0 Å². The minimum Gasteiger partial charge on any atom is -0.287 e. The van der Waals surface area contributed by atoms with Crippen molar-refractivity contribution in [1.82, 2.24) is 0 Å². The monoisotopic (exact) mass is 263 g/mol. The second kappa shape index (κ2) is 7.71. The van der Waals surface area contributed by atoms with E-state index in [0.717, 1.165) is 11.4 Å². The van der Waals surface area contributed by atoms with Crippen molar-refractivity contribution in [2.75, 3.05) is 5.01 Å². The Kier molecular flexibility index (Phi) is 5.31. The molecule has 0 saturated heterocycles. The van der Waals surface area contributed by atoms with Gasteiger partial charge in [0.1, 0.15) is 0 Å². The molecule has 0 radical (unpaired) electrons. The molecule has 2 aromatic carbocycles. The van der Waals surface area contributed by atoms with Crippen molar-refractivity contribution in [3.05, 3.63) is 85.1 Å². The minimum absolute atomic E-state index is 0.936. The molecule has 0 unspecified atom stereocenters. The van der Waals surface area contributed by atoms with Gasteiger partial charge in [-0.05, 0) is 36.4 Å². The van der Waals surface area contributed by atoms with Crippen LogP contribution in [0.15, 0.2) is 90.1 Å². The number of hydrogen-bond donors (Lipinski definition) is 1. The average Bonchev–Trinajstić information content (AvgIpc) is 2.52. The van der Waals surface area contributed by atoms with E-state index in [1.165, 1.54) is 0 Å². The third kappa shape index (κ3) is 4.55. The summed E-state index contributed by atoms with van der Waals surface area (Å²) in [5.74, 6) is 5.88. The Morgan fingerprint density at radius 2 is 1.45 bits per heavy atom. The molecule has 0 amide bonds. The van der Waals surface area contributed by atoms with Gasteiger partial charge in [0.25, 0.3) is 0 Å². The highest BCUT2D eigenvalue weighted by Crippen LogP contribution is 2.09. The number of anilines is 1. The minimum atomic E-state index is 0.936. The highest BCUT2D eigenvalue weighted by molar-refractivity contribution is 5.74. The number of nitrogens with zero attached hydrogens (tertiary/aromatic N) is 2. The molecule has 3 heteroatoms. The van der Waals surface area contributed by atoms with Crippen LogP contribution < -0.4 is 10.9 Å². The second-order valence-electron chi connectivity index (χ2n) is 4.08. The SMILES string of the molecule is NN(/C=C/C=C/C=Nc1ccccc1)c1ccccc1. The molecule has 0 atom stereocenters. The zero-order valence-corrected chi connectivity index (χ0v) is 11.1. The summed E-state index contributed by atoms with van der Waals surface area (Å²) in [5.41, 5.74) is 1.88. The van der Waals surface area contributed by atoms with Gasteiger partial charge in [-0.15, -0.1) is 0 Å². The van der Waals surface area contributed by atoms with E-state index < -0.39 is 0 Å². The fourth-order valence-electron chi connectivity index (χ4n) is 1.59. The van der Waals surface area contributed by atoms with Gasteiger partial charge in [0.2, 0.25) is 0 Å². The van der Waals surface area contributed by atoms with Crippen LogP contribution in [0.3, 0.4) is 0 Å². The van der Waals surface area contributed by atoms with Crippen LogP contribution >= 0.6 is 0 Å². The van der Waals surface area contributed by atoms with Gasteiger partial charge in [-0.2, -0.15) is 0 Å². The summed E-state index contributed by atoms with van der Waals surface area (Å²) >= 11 is 0. The molecule has 0 bridgehead atoms. The Hall–Kier alpha value is -2.65. The summed E-state index contributed by atoms with van der Waals surface area (Å²) in [5, 5.41) is 1.57. The number of benzene rings is 2. The van der Waals surface area contributed by atoms with E-state index in [1.54, 1.807) is 17.4 Å². The Morgan fingerprint density at radius 1 is 0.800 bits per heavy atom. The molecule has 3 nitrogen and oxygen atoms in total. The normalized spacial score (nSPS) is 11.7. The highest BCUT2D eigenvalue weighted by atomic mass is 15.4. The molecule has 0 fully saturated rings. The maximum absolute atomic E-state index is 5.88. The molecule has 0 saturated carbocycles. The zero-order valence-electron chi connectivity index (χ0n) is 11.1. The molecule has 0 aliphatic heterocycles. The highest BCUT2D eigenvalue weighted by Gasteiger charge is 1.92. The summed E-state index contributed by atoms with van der Waals surface area (Å²) in [4.78, 5) is 4.29. The molecule has 2 rings (SSSR count). The van der Waals surface area contributed by atoms with Crippen LogP contribution in [-0.4, -0.2) is 6.21 Å². The number of nitrogens with two attached hydrogens (primary N) is 1. The standard InChI is InChI=1S/C17H17N3/c18-20(17-12-6-2-7-13-17)15-9-3-8-14-19-16-10-4-1-5-11-16/h1-15H,18H2/b8-3+,15-9+,19-14?. The number of hydrazine groups is 1. The van der Waals surface area contributed by atoms with Gasteiger partial charge in [0.15, 0.2) is 0 Å². The van der Waals surface area contributed by atoms with E-state index in [4.69, 9.17) is 5.84 Å². The number of aliphatic imine (C=N–C) groups is 1. The lowest BCUT2D eigenvalue weighted by molar-refractivity contribution is 1.08. The Balaban J connectivity index is 1.84. The molecule has 2 aromatic rings. The molecule has 2 N–H and O–H groups in total. The Labute approximate surface area is 119 Å². The molecule has 0 aromatic heterocycles. The summed E-state index contributed by atoms with van der Waals surface area (Å²) in [6, 6.07) is 19.6. The third-order valence-electron chi connectivity index (χ3n) is 2.59. The van der Waals surface area contributed by atoms with E-state index in [0.29, 0.717) is 0 Å². The van der Waals surface area contributed by atoms with E-state index in [1.807, 2.05) is 78.9 Å². The first-order valence-corrected chi connectivity index (χ1v) is 6.38. The van der Waals surface area contributed by atoms with Crippen molar-refractivity contribution in [3.8, 4) is 0 Å². The number of para-hydroxylation sites is 2. The van der Waals surface area contributed by atoms with Gasteiger partial charge in [0.05, 0.1) is 11.4 Å². The quantitative estimate of drug-likeness (QED) is 0.385. The van der Waals surface area contributed by atoms with Gasteiger partial charge in [0, 0.05) is 12.4 Å². The van der Waals surface area contributed by atoms with Gasteiger partial charge >= 0.3 is 0 Å². The lowest BCUT2D eigenvalue weighted by atomic mass is 10.3. The number of hydrogen-bond acceptors (Lipinski definition) is 3. The Morgan fingerprint density at radius 3 is 2.15 bits per heavy atom. The van der Waals surface area contributed by atoms with Crippen molar-refractivity contribution in [2.24, 2.45) is 10.8 Å². The van der Waals surface area contributed by atoms with Gasteiger partial charge in [-0.25, -0.2) is 5.84 Å². The van der Waals surface area contributed by atoms with Crippen LogP contribution in [0.1, 0.15) is 0 Å². The lowest BCUT2D eigenvalue weighted by Crippen LogP contribution is -2.23. The van der Waals surface area contributed by atoms with Gasteiger partial charge in [-0.1, -0.05) is 42.5 Å². The third-order valence-corrected chi connectivity index (χ3v) is 2.59. The van der Waals surface area contributed by atoms with E-state index in [-0.39, 0.29) is 0 Å². The predicted molar refractivity (Wildman–Crippen MR) is 86.0 cm³/mol. The zero-order chi connectivity index (χ0) is 14.0. The molecule has 100 valence electrons. The fourth-order valence-corrected chi connectivity index (χ4v) is 1.59. The topological polar surface area (TPSA) is 41.6 Å². The van der Waals surface area contributed by atoms with E-state index in [2.05, 4.69) is 4.99 Å². The average molecular weight is 263 g/mol. The molecule has 20 heavy (non-hydrogen) atoms. The van der Waals surface area contributed by atoms with Crippen molar-refractivity contribution in [1.29, 1.82) is 0 Å². The predicted octanol–water partition coefficient (Wildman–Crippen LogP) is 3.84. The maximum atomic E-state index is 5.88. The van der Waals surface area contributed by atoms with Gasteiger partial charge < -0.3 is 0 Å². The first-order valence-electron chi connectivity index (χ1n) is 6.38. The number of allylic oxidation sites excluding steroid dienone is 3. The molecule has 0 spiro atoms. The van der Waals surface area contributed by atoms with Crippen molar-refractivity contribution in [2.45, 2.75) is 0 Å². The fraction of sp³-hybridized carbons (Fsp3) is 0. The maximum Gasteiger partial charge on any atom is 0.0629 e. The first-order chi connectivity index (χ1) is 9.86.